The molecule has 2 aromatic carbocycles. The molecule has 0 aliphatic heterocycles. The molecule has 0 aliphatic carbocycles. The molecule has 112 valence electrons. The average molecular weight is 352 g/mol. The van der Waals surface area contributed by atoms with E-state index in [4.69, 9.17) is 0 Å². The molecule has 0 aromatic heterocycles. The Hall–Kier alpha value is -1.39. The topological polar surface area (TPSA) is 23.5 Å². The number of anilines is 1. The molecule has 0 spiro atoms. The van der Waals surface area contributed by atoms with Gasteiger partial charge in [-0.25, -0.2) is 4.39 Å². The van der Waals surface area contributed by atoms with Crippen molar-refractivity contribution in [1.29, 1.82) is 0 Å². The van der Waals surface area contributed by atoms with E-state index >= 15 is 0 Å². The lowest BCUT2D eigenvalue weighted by Gasteiger charge is -2.29. The van der Waals surface area contributed by atoms with Crippen LogP contribution in [0.2, 0.25) is 0 Å². The molecule has 0 bridgehead atoms. The molecule has 0 aliphatic rings. The first-order chi connectivity index (χ1) is 9.91. The standard InChI is InChI=1S/C17H19BrFNO/c1-11(14-6-4-5-7-16(14)19)20(3)17-9-8-13(12(2)21)10-15(17)18/h4-12,21H,1-3H3/t11?,12-/m1/s1. The molecule has 0 fully saturated rings. The number of aliphatic hydroxyl groups excluding tert-OH is 1. The predicted molar refractivity (Wildman–Crippen MR) is 88.0 cm³/mol. The first-order valence-electron chi connectivity index (χ1n) is 6.86. The minimum Gasteiger partial charge on any atom is -0.389 e. The van der Waals surface area contributed by atoms with Crippen LogP contribution in [0.5, 0.6) is 0 Å². The molecule has 1 unspecified atom stereocenters. The molecule has 21 heavy (non-hydrogen) atoms. The van der Waals surface area contributed by atoms with E-state index in [0.717, 1.165) is 15.7 Å². The van der Waals surface area contributed by atoms with Gasteiger partial charge in [0.1, 0.15) is 5.82 Å². The lowest BCUT2D eigenvalue weighted by molar-refractivity contribution is 0.199. The Morgan fingerprint density at radius 2 is 1.81 bits per heavy atom. The van der Waals surface area contributed by atoms with E-state index in [1.54, 1.807) is 19.1 Å². The van der Waals surface area contributed by atoms with Gasteiger partial charge in [0.25, 0.3) is 0 Å². The Labute approximate surface area is 133 Å². The second-order valence-electron chi connectivity index (χ2n) is 5.20. The second kappa shape index (κ2) is 6.58. The lowest BCUT2D eigenvalue weighted by atomic mass is 10.1. The number of hydrogen-bond donors (Lipinski definition) is 1. The lowest BCUT2D eigenvalue weighted by Crippen LogP contribution is -2.23. The summed E-state index contributed by atoms with van der Waals surface area (Å²) in [7, 11) is 1.93. The first kappa shape index (κ1) is 16.0. The summed E-state index contributed by atoms with van der Waals surface area (Å²) in [6.45, 7) is 3.70. The maximum Gasteiger partial charge on any atom is 0.128 e. The number of rotatable bonds is 4. The monoisotopic (exact) mass is 351 g/mol. The van der Waals surface area contributed by atoms with Crippen molar-refractivity contribution < 1.29 is 9.50 Å². The number of hydrogen-bond acceptors (Lipinski definition) is 2. The third-order valence-corrected chi connectivity index (χ3v) is 4.41. The minimum absolute atomic E-state index is 0.0973. The van der Waals surface area contributed by atoms with Gasteiger partial charge in [-0.3, -0.25) is 0 Å². The molecule has 1 N–H and O–H groups in total. The molecule has 2 aromatic rings. The SMILES string of the molecule is CC(c1ccccc1F)N(C)c1ccc([C@@H](C)O)cc1Br. The molecule has 4 heteroatoms. The molecular formula is C17H19BrFNO. The molecule has 2 atom stereocenters. The van der Waals surface area contributed by atoms with Crippen LogP contribution in [0.4, 0.5) is 10.1 Å². The minimum atomic E-state index is -0.510. The number of halogens is 2. The summed E-state index contributed by atoms with van der Waals surface area (Å²) in [5.41, 5.74) is 2.46. The van der Waals surface area contributed by atoms with Crippen LogP contribution in [0.3, 0.4) is 0 Å². The van der Waals surface area contributed by atoms with E-state index in [2.05, 4.69) is 15.9 Å². The van der Waals surface area contributed by atoms with Crippen LogP contribution in [0.1, 0.15) is 37.1 Å². The predicted octanol–water partition coefficient (Wildman–Crippen LogP) is 4.84. The highest BCUT2D eigenvalue weighted by Crippen LogP contribution is 2.34. The molecule has 0 heterocycles. The fraction of sp³-hybridized carbons (Fsp3) is 0.294. The number of benzene rings is 2. The molecule has 2 rings (SSSR count). The first-order valence-corrected chi connectivity index (χ1v) is 7.66. The van der Waals surface area contributed by atoms with Crippen molar-refractivity contribution in [1.82, 2.24) is 0 Å². The van der Waals surface area contributed by atoms with E-state index in [0.29, 0.717) is 5.56 Å². The van der Waals surface area contributed by atoms with Crippen molar-refractivity contribution in [3.05, 3.63) is 63.9 Å². The average Bonchev–Trinajstić information content (AvgIpc) is 2.46. The third-order valence-electron chi connectivity index (χ3n) is 3.77. The quantitative estimate of drug-likeness (QED) is 0.851. The van der Waals surface area contributed by atoms with Gasteiger partial charge in [-0.1, -0.05) is 24.3 Å². The fourth-order valence-corrected chi connectivity index (χ4v) is 2.98. The Kier molecular flexibility index (Phi) is 5.01. The summed E-state index contributed by atoms with van der Waals surface area (Å²) < 4.78 is 14.8. The highest BCUT2D eigenvalue weighted by molar-refractivity contribution is 9.10. The van der Waals surface area contributed by atoms with Gasteiger partial charge in [0.05, 0.1) is 17.8 Å². The zero-order valence-corrected chi connectivity index (χ0v) is 13.9. The molecule has 0 saturated heterocycles. The Bertz CT molecular complexity index is 630. The van der Waals surface area contributed by atoms with Gasteiger partial charge < -0.3 is 10.0 Å². The maximum absolute atomic E-state index is 13.9. The van der Waals surface area contributed by atoms with Crippen molar-refractivity contribution >= 4 is 21.6 Å². The van der Waals surface area contributed by atoms with Crippen molar-refractivity contribution in [2.24, 2.45) is 0 Å². The van der Waals surface area contributed by atoms with E-state index < -0.39 is 6.10 Å². The van der Waals surface area contributed by atoms with Crippen molar-refractivity contribution in [3.63, 3.8) is 0 Å². The smallest absolute Gasteiger partial charge is 0.128 e. The van der Waals surface area contributed by atoms with E-state index in [1.807, 2.05) is 43.1 Å². The van der Waals surface area contributed by atoms with E-state index in [9.17, 15) is 9.50 Å². The third kappa shape index (κ3) is 3.44. The van der Waals surface area contributed by atoms with Gasteiger partial charge >= 0.3 is 0 Å². The summed E-state index contributed by atoms with van der Waals surface area (Å²) >= 11 is 3.53. The van der Waals surface area contributed by atoms with Crippen LogP contribution in [-0.4, -0.2) is 12.2 Å². The van der Waals surface area contributed by atoms with Crippen LogP contribution < -0.4 is 4.90 Å². The molecule has 2 nitrogen and oxygen atoms in total. The van der Waals surface area contributed by atoms with Crippen LogP contribution in [-0.2, 0) is 0 Å². The van der Waals surface area contributed by atoms with Crippen LogP contribution >= 0.6 is 15.9 Å². The van der Waals surface area contributed by atoms with Crippen LogP contribution in [0, 0.1) is 5.82 Å². The molecular weight excluding hydrogens is 333 g/mol. The molecule has 0 saturated carbocycles. The zero-order valence-electron chi connectivity index (χ0n) is 12.3. The number of aliphatic hydroxyl groups is 1. The molecule has 0 amide bonds. The summed E-state index contributed by atoms with van der Waals surface area (Å²) in [6, 6.07) is 12.4. The second-order valence-corrected chi connectivity index (χ2v) is 6.05. The normalized spacial score (nSPS) is 13.8. The van der Waals surface area contributed by atoms with Crippen LogP contribution in [0.25, 0.3) is 0 Å². The maximum atomic E-state index is 13.9. The summed E-state index contributed by atoms with van der Waals surface area (Å²) in [5.74, 6) is -0.200. The highest BCUT2D eigenvalue weighted by Gasteiger charge is 2.18. The summed E-state index contributed by atoms with van der Waals surface area (Å²) in [5, 5.41) is 9.62. The van der Waals surface area contributed by atoms with Crippen molar-refractivity contribution in [3.8, 4) is 0 Å². The van der Waals surface area contributed by atoms with E-state index in [1.165, 1.54) is 6.07 Å². The largest absolute Gasteiger partial charge is 0.389 e. The van der Waals surface area contributed by atoms with Gasteiger partial charge in [-0.15, -0.1) is 0 Å². The van der Waals surface area contributed by atoms with Gasteiger partial charge in [-0.2, -0.15) is 0 Å². The van der Waals surface area contributed by atoms with E-state index in [-0.39, 0.29) is 11.9 Å². The Morgan fingerprint density at radius 1 is 1.14 bits per heavy atom. The van der Waals surface area contributed by atoms with Crippen LogP contribution in [0.15, 0.2) is 46.9 Å². The summed E-state index contributed by atoms with van der Waals surface area (Å²) in [4.78, 5) is 2.01. The number of nitrogens with zero attached hydrogens (tertiary/aromatic N) is 1. The highest BCUT2D eigenvalue weighted by atomic mass is 79.9. The fourth-order valence-electron chi connectivity index (χ4n) is 2.30. The summed E-state index contributed by atoms with van der Waals surface area (Å²) in [6.07, 6.45) is -0.510. The zero-order chi connectivity index (χ0) is 15.6. The van der Waals surface area contributed by atoms with Crippen molar-refractivity contribution in [2.75, 3.05) is 11.9 Å². The van der Waals surface area contributed by atoms with Gasteiger partial charge in [-0.05, 0) is 53.5 Å². The van der Waals surface area contributed by atoms with Gasteiger partial charge in [0.2, 0.25) is 0 Å². The Morgan fingerprint density at radius 3 is 2.38 bits per heavy atom. The Balaban J connectivity index is 2.32. The van der Waals surface area contributed by atoms with Gasteiger partial charge in [0, 0.05) is 17.1 Å². The molecule has 0 radical (unpaired) electrons. The van der Waals surface area contributed by atoms with Crippen molar-refractivity contribution in [2.45, 2.75) is 26.0 Å². The van der Waals surface area contributed by atoms with Gasteiger partial charge in [0.15, 0.2) is 0 Å².